The Morgan fingerprint density at radius 2 is 2.00 bits per heavy atom. The van der Waals surface area contributed by atoms with Gasteiger partial charge in [0, 0.05) is 17.7 Å². The summed E-state index contributed by atoms with van der Waals surface area (Å²) in [5.74, 6) is 0.707. The second-order valence-corrected chi connectivity index (χ2v) is 4.10. The minimum absolute atomic E-state index is 0.0605. The van der Waals surface area contributed by atoms with E-state index >= 15 is 0 Å². The summed E-state index contributed by atoms with van der Waals surface area (Å²) in [6, 6.07) is 7.86. The van der Waals surface area contributed by atoms with Crippen molar-refractivity contribution in [2.24, 2.45) is 0 Å². The van der Waals surface area contributed by atoms with Gasteiger partial charge in [0.15, 0.2) is 0 Å². The van der Waals surface area contributed by atoms with Crippen molar-refractivity contribution in [1.29, 1.82) is 0 Å². The van der Waals surface area contributed by atoms with E-state index in [4.69, 9.17) is 4.74 Å². The normalized spacial score (nSPS) is 10.9. The van der Waals surface area contributed by atoms with E-state index in [0.717, 1.165) is 24.2 Å². The molecule has 1 amide bonds. The Balaban J connectivity index is 2.66. The van der Waals surface area contributed by atoms with Crippen LogP contribution in [0.4, 0.5) is 0 Å². The maximum atomic E-state index is 11.7. The molecule has 0 bridgehead atoms. The lowest BCUT2D eigenvalue weighted by atomic mass is 10.1. The number of hydrogen-bond acceptors (Lipinski definition) is 2. The largest absolute Gasteiger partial charge is 0.496 e. The summed E-state index contributed by atoms with van der Waals surface area (Å²) in [5, 5.41) is 2.96. The molecule has 0 fully saturated rings. The Labute approximate surface area is 109 Å². The molecule has 0 radical (unpaired) electrons. The van der Waals surface area contributed by atoms with Gasteiger partial charge in [-0.2, -0.15) is 0 Å². The van der Waals surface area contributed by atoms with Crippen molar-refractivity contribution in [1.82, 2.24) is 5.32 Å². The van der Waals surface area contributed by atoms with Crippen molar-refractivity contribution < 1.29 is 9.53 Å². The lowest BCUT2D eigenvalue weighted by molar-refractivity contribution is -0.117. The van der Waals surface area contributed by atoms with Crippen molar-refractivity contribution >= 4 is 12.0 Å². The molecule has 98 valence electrons. The number of amides is 1. The summed E-state index contributed by atoms with van der Waals surface area (Å²) in [6.45, 7) is 4.14. The minimum Gasteiger partial charge on any atom is -0.496 e. The first-order valence-electron chi connectivity index (χ1n) is 6.32. The fourth-order valence-electron chi connectivity index (χ4n) is 1.71. The van der Waals surface area contributed by atoms with Crippen molar-refractivity contribution in [3.63, 3.8) is 0 Å². The van der Waals surface area contributed by atoms with E-state index in [2.05, 4.69) is 19.2 Å². The van der Waals surface area contributed by atoms with Gasteiger partial charge in [-0.25, -0.2) is 0 Å². The summed E-state index contributed by atoms with van der Waals surface area (Å²) < 4.78 is 5.22. The highest BCUT2D eigenvalue weighted by Crippen LogP contribution is 2.18. The van der Waals surface area contributed by atoms with E-state index in [0.29, 0.717) is 0 Å². The zero-order chi connectivity index (χ0) is 13.4. The van der Waals surface area contributed by atoms with Crippen LogP contribution < -0.4 is 10.1 Å². The summed E-state index contributed by atoms with van der Waals surface area (Å²) in [5.41, 5.74) is 0.902. The molecule has 0 aromatic heterocycles. The van der Waals surface area contributed by atoms with Gasteiger partial charge in [-0.05, 0) is 25.0 Å². The topological polar surface area (TPSA) is 38.3 Å². The van der Waals surface area contributed by atoms with Crippen molar-refractivity contribution in [3.05, 3.63) is 35.9 Å². The smallest absolute Gasteiger partial charge is 0.244 e. The Bertz CT molecular complexity index is 409. The summed E-state index contributed by atoms with van der Waals surface area (Å²) >= 11 is 0. The van der Waals surface area contributed by atoms with Gasteiger partial charge in [0.2, 0.25) is 5.91 Å². The number of methoxy groups -OCH3 is 1. The molecule has 0 aliphatic heterocycles. The minimum atomic E-state index is -0.0605. The number of hydrogen-bond donors (Lipinski definition) is 1. The molecule has 1 N–H and O–H groups in total. The molecule has 0 spiro atoms. The molecule has 0 atom stereocenters. The molecule has 0 aliphatic rings. The number of carbonyl (C=O) groups is 1. The number of rotatable bonds is 6. The molecule has 0 heterocycles. The van der Waals surface area contributed by atoms with Gasteiger partial charge >= 0.3 is 0 Å². The molecule has 3 heteroatoms. The van der Waals surface area contributed by atoms with E-state index in [9.17, 15) is 4.79 Å². The molecule has 1 aromatic rings. The third kappa shape index (κ3) is 4.24. The number of nitrogens with one attached hydrogen (secondary N) is 1. The lowest BCUT2D eigenvalue weighted by Crippen LogP contribution is -2.32. The molecular weight excluding hydrogens is 226 g/mol. The molecule has 18 heavy (non-hydrogen) atoms. The fourth-order valence-corrected chi connectivity index (χ4v) is 1.71. The Morgan fingerprint density at radius 1 is 1.33 bits per heavy atom. The first kappa shape index (κ1) is 14.3. The number of benzene rings is 1. The Morgan fingerprint density at radius 3 is 2.61 bits per heavy atom. The molecule has 1 rings (SSSR count). The van der Waals surface area contributed by atoms with E-state index in [-0.39, 0.29) is 11.9 Å². The third-order valence-corrected chi connectivity index (χ3v) is 2.89. The molecule has 0 unspecified atom stereocenters. The van der Waals surface area contributed by atoms with Crippen molar-refractivity contribution in [2.75, 3.05) is 7.11 Å². The Kier molecular flexibility index (Phi) is 5.98. The van der Waals surface area contributed by atoms with Crippen LogP contribution in [0.5, 0.6) is 5.75 Å². The van der Waals surface area contributed by atoms with Crippen LogP contribution >= 0.6 is 0 Å². The van der Waals surface area contributed by atoms with Gasteiger partial charge in [0.1, 0.15) is 5.75 Å². The molecule has 0 saturated heterocycles. The maximum absolute atomic E-state index is 11.7. The van der Waals surface area contributed by atoms with Crippen LogP contribution in [0.1, 0.15) is 32.3 Å². The van der Waals surface area contributed by atoms with Crippen LogP contribution in [-0.2, 0) is 4.79 Å². The van der Waals surface area contributed by atoms with Crippen molar-refractivity contribution in [3.8, 4) is 5.75 Å². The summed E-state index contributed by atoms with van der Waals surface area (Å²) in [6.07, 6.45) is 5.22. The highest BCUT2D eigenvalue weighted by molar-refractivity contribution is 5.92. The van der Waals surface area contributed by atoms with E-state index in [1.54, 1.807) is 19.3 Å². The monoisotopic (exact) mass is 247 g/mol. The first-order chi connectivity index (χ1) is 8.71. The zero-order valence-corrected chi connectivity index (χ0v) is 11.3. The molecule has 1 aromatic carbocycles. The van der Waals surface area contributed by atoms with Crippen LogP contribution in [0.25, 0.3) is 6.08 Å². The van der Waals surface area contributed by atoms with Gasteiger partial charge in [-0.3, -0.25) is 4.79 Å². The predicted molar refractivity (Wildman–Crippen MR) is 74.5 cm³/mol. The van der Waals surface area contributed by atoms with Crippen LogP contribution in [0.2, 0.25) is 0 Å². The quantitative estimate of drug-likeness (QED) is 0.785. The van der Waals surface area contributed by atoms with E-state index in [1.807, 2.05) is 24.3 Å². The average molecular weight is 247 g/mol. The fraction of sp³-hybridized carbons (Fsp3) is 0.400. The van der Waals surface area contributed by atoms with E-state index in [1.165, 1.54) is 0 Å². The Hall–Kier alpha value is -1.77. The highest BCUT2D eigenvalue weighted by atomic mass is 16.5. The SMILES string of the molecule is CCC(CC)NC(=O)C=Cc1ccccc1OC. The van der Waals surface area contributed by atoms with Gasteiger partial charge in [0.05, 0.1) is 7.11 Å². The summed E-state index contributed by atoms with van der Waals surface area (Å²) in [7, 11) is 1.62. The lowest BCUT2D eigenvalue weighted by Gasteiger charge is -2.12. The predicted octanol–water partition coefficient (Wildman–Crippen LogP) is 3.01. The van der Waals surface area contributed by atoms with Gasteiger partial charge < -0.3 is 10.1 Å². The van der Waals surface area contributed by atoms with Gasteiger partial charge in [0.25, 0.3) is 0 Å². The maximum Gasteiger partial charge on any atom is 0.244 e. The van der Waals surface area contributed by atoms with Gasteiger partial charge in [-0.15, -0.1) is 0 Å². The van der Waals surface area contributed by atoms with Crippen LogP contribution in [0, 0.1) is 0 Å². The standard InChI is InChI=1S/C15H21NO2/c1-4-13(5-2)16-15(17)11-10-12-8-6-7-9-14(12)18-3/h6-11,13H,4-5H2,1-3H3,(H,16,17). The van der Waals surface area contributed by atoms with Crippen LogP contribution in [-0.4, -0.2) is 19.1 Å². The molecular formula is C15H21NO2. The van der Waals surface area contributed by atoms with Crippen LogP contribution in [0.15, 0.2) is 30.3 Å². The average Bonchev–Trinajstić information content (AvgIpc) is 2.42. The van der Waals surface area contributed by atoms with Crippen molar-refractivity contribution in [2.45, 2.75) is 32.7 Å². The molecule has 0 saturated carbocycles. The number of para-hydroxylation sites is 1. The van der Waals surface area contributed by atoms with E-state index < -0.39 is 0 Å². The second-order valence-electron chi connectivity index (χ2n) is 4.10. The van der Waals surface area contributed by atoms with Crippen LogP contribution in [0.3, 0.4) is 0 Å². The third-order valence-electron chi connectivity index (χ3n) is 2.89. The highest BCUT2D eigenvalue weighted by Gasteiger charge is 2.05. The number of carbonyl (C=O) groups excluding carboxylic acids is 1. The summed E-state index contributed by atoms with van der Waals surface area (Å²) in [4.78, 5) is 11.7. The first-order valence-corrected chi connectivity index (χ1v) is 6.32. The van der Waals surface area contributed by atoms with Gasteiger partial charge in [-0.1, -0.05) is 32.0 Å². The number of ether oxygens (including phenoxy) is 1. The molecule has 3 nitrogen and oxygen atoms in total. The second kappa shape index (κ2) is 7.54. The molecule has 0 aliphatic carbocycles. The zero-order valence-electron chi connectivity index (χ0n) is 11.3.